The van der Waals surface area contributed by atoms with Crippen molar-refractivity contribution in [3.8, 4) is 5.75 Å². The zero-order valence-electron chi connectivity index (χ0n) is 10.4. The van der Waals surface area contributed by atoms with Gasteiger partial charge in [-0.1, -0.05) is 47.5 Å². The Kier molecular flexibility index (Phi) is 3.90. The molecule has 0 aliphatic heterocycles. The summed E-state index contributed by atoms with van der Waals surface area (Å²) < 4.78 is 5.09. The van der Waals surface area contributed by atoms with E-state index < -0.39 is 6.10 Å². The van der Waals surface area contributed by atoms with Gasteiger partial charge >= 0.3 is 0 Å². The third kappa shape index (κ3) is 2.66. The van der Waals surface area contributed by atoms with E-state index in [1.54, 1.807) is 19.2 Å². The smallest absolute Gasteiger partial charge is 0.137 e. The van der Waals surface area contributed by atoms with Crippen molar-refractivity contribution >= 4 is 11.6 Å². The number of halogens is 1. The highest BCUT2D eigenvalue weighted by Gasteiger charge is 2.12. The van der Waals surface area contributed by atoms with E-state index in [4.69, 9.17) is 16.3 Å². The molecule has 0 amide bonds. The number of hydrogen-bond donors (Lipinski definition) is 1. The van der Waals surface area contributed by atoms with Crippen molar-refractivity contribution in [3.05, 3.63) is 64.2 Å². The van der Waals surface area contributed by atoms with Gasteiger partial charge in [-0.15, -0.1) is 0 Å². The highest BCUT2D eigenvalue weighted by atomic mass is 35.5. The number of hydrogen-bond acceptors (Lipinski definition) is 2. The van der Waals surface area contributed by atoms with Gasteiger partial charge in [-0.3, -0.25) is 0 Å². The first-order chi connectivity index (χ1) is 8.61. The van der Waals surface area contributed by atoms with Gasteiger partial charge in [0.2, 0.25) is 0 Å². The van der Waals surface area contributed by atoms with Crippen molar-refractivity contribution in [1.29, 1.82) is 0 Å². The predicted octanol–water partition coefficient (Wildman–Crippen LogP) is 3.74. The summed E-state index contributed by atoms with van der Waals surface area (Å²) >= 11 is 6.05. The minimum atomic E-state index is -0.672. The van der Waals surface area contributed by atoms with Crippen LogP contribution in [0.4, 0.5) is 0 Å². The highest BCUT2D eigenvalue weighted by Crippen LogP contribution is 2.30. The Morgan fingerprint density at radius 2 is 1.67 bits per heavy atom. The molecular formula is C15H15ClO2. The van der Waals surface area contributed by atoms with E-state index in [2.05, 4.69) is 0 Å². The van der Waals surface area contributed by atoms with Gasteiger partial charge in [-0.25, -0.2) is 0 Å². The Balaban J connectivity index is 2.31. The normalized spacial score (nSPS) is 12.2. The number of aliphatic hydroxyl groups excluding tert-OH is 1. The fourth-order valence-electron chi connectivity index (χ4n) is 1.79. The molecule has 0 aliphatic rings. The molecule has 0 radical (unpaired) electrons. The molecule has 0 saturated carbocycles. The average Bonchev–Trinajstić information content (AvgIpc) is 2.38. The Morgan fingerprint density at radius 1 is 1.06 bits per heavy atom. The second kappa shape index (κ2) is 5.42. The SMILES string of the molecule is COc1ccc(C(O)c2ccc(C)cc2)cc1Cl. The third-order valence-electron chi connectivity index (χ3n) is 2.88. The molecule has 1 unspecified atom stereocenters. The van der Waals surface area contributed by atoms with Gasteiger partial charge in [0.25, 0.3) is 0 Å². The van der Waals surface area contributed by atoms with E-state index in [0.29, 0.717) is 10.8 Å². The first-order valence-electron chi connectivity index (χ1n) is 5.70. The maximum absolute atomic E-state index is 10.3. The van der Waals surface area contributed by atoms with Gasteiger partial charge in [0.05, 0.1) is 12.1 Å². The molecule has 2 aromatic carbocycles. The summed E-state index contributed by atoms with van der Waals surface area (Å²) in [5.41, 5.74) is 2.77. The van der Waals surface area contributed by atoms with Gasteiger partial charge in [-0.2, -0.15) is 0 Å². The molecule has 0 aliphatic carbocycles. The molecule has 0 bridgehead atoms. The van der Waals surface area contributed by atoms with Crippen LogP contribution in [0.15, 0.2) is 42.5 Å². The van der Waals surface area contributed by atoms with Crippen LogP contribution in [0.3, 0.4) is 0 Å². The van der Waals surface area contributed by atoms with Crippen molar-refractivity contribution in [3.63, 3.8) is 0 Å². The largest absolute Gasteiger partial charge is 0.495 e. The standard InChI is InChI=1S/C15H15ClO2/c1-10-3-5-11(6-4-10)15(17)12-7-8-14(18-2)13(16)9-12/h3-9,15,17H,1-2H3. The van der Waals surface area contributed by atoms with Crippen molar-refractivity contribution in [2.75, 3.05) is 7.11 Å². The quantitative estimate of drug-likeness (QED) is 0.913. The highest BCUT2D eigenvalue weighted by molar-refractivity contribution is 6.32. The molecule has 1 atom stereocenters. The zero-order chi connectivity index (χ0) is 13.1. The van der Waals surface area contributed by atoms with Crippen molar-refractivity contribution in [1.82, 2.24) is 0 Å². The summed E-state index contributed by atoms with van der Waals surface area (Å²) in [7, 11) is 1.57. The molecule has 3 heteroatoms. The lowest BCUT2D eigenvalue weighted by atomic mass is 10.0. The Labute approximate surface area is 112 Å². The number of ether oxygens (including phenoxy) is 1. The van der Waals surface area contributed by atoms with E-state index in [9.17, 15) is 5.11 Å². The molecule has 0 heterocycles. The molecule has 0 spiro atoms. The number of benzene rings is 2. The van der Waals surface area contributed by atoms with E-state index in [1.165, 1.54) is 5.56 Å². The molecule has 94 valence electrons. The summed E-state index contributed by atoms with van der Waals surface area (Å²) in [5, 5.41) is 10.8. The van der Waals surface area contributed by atoms with Gasteiger partial charge in [0, 0.05) is 0 Å². The topological polar surface area (TPSA) is 29.5 Å². The Bertz CT molecular complexity index is 535. The minimum Gasteiger partial charge on any atom is -0.495 e. The Morgan fingerprint density at radius 3 is 2.22 bits per heavy atom. The van der Waals surface area contributed by atoms with E-state index in [-0.39, 0.29) is 0 Å². The van der Waals surface area contributed by atoms with Crippen LogP contribution in [-0.2, 0) is 0 Å². The van der Waals surface area contributed by atoms with Gasteiger partial charge in [0.15, 0.2) is 0 Å². The maximum Gasteiger partial charge on any atom is 0.137 e. The number of aryl methyl sites for hydroxylation is 1. The van der Waals surface area contributed by atoms with Gasteiger partial charge < -0.3 is 9.84 Å². The van der Waals surface area contributed by atoms with Gasteiger partial charge in [0.1, 0.15) is 11.9 Å². The number of methoxy groups -OCH3 is 1. The lowest BCUT2D eigenvalue weighted by Crippen LogP contribution is -2.00. The van der Waals surface area contributed by atoms with E-state index in [1.807, 2.05) is 37.3 Å². The summed E-state index contributed by atoms with van der Waals surface area (Å²) in [6, 6.07) is 13.1. The van der Waals surface area contributed by atoms with Crippen LogP contribution in [-0.4, -0.2) is 12.2 Å². The number of rotatable bonds is 3. The maximum atomic E-state index is 10.3. The van der Waals surface area contributed by atoms with Crippen molar-refractivity contribution in [2.45, 2.75) is 13.0 Å². The molecular weight excluding hydrogens is 248 g/mol. The van der Waals surface area contributed by atoms with Crippen LogP contribution in [0, 0.1) is 6.92 Å². The lowest BCUT2D eigenvalue weighted by molar-refractivity contribution is 0.220. The summed E-state index contributed by atoms with van der Waals surface area (Å²) in [6.07, 6.45) is -0.672. The fraction of sp³-hybridized carbons (Fsp3) is 0.200. The first kappa shape index (κ1) is 12.9. The van der Waals surface area contributed by atoms with Crippen LogP contribution in [0.5, 0.6) is 5.75 Å². The second-order valence-electron chi connectivity index (χ2n) is 4.21. The molecule has 1 N–H and O–H groups in total. The molecule has 2 nitrogen and oxygen atoms in total. The lowest BCUT2D eigenvalue weighted by Gasteiger charge is -2.13. The molecule has 0 fully saturated rings. The van der Waals surface area contributed by atoms with Crippen molar-refractivity contribution in [2.24, 2.45) is 0 Å². The van der Waals surface area contributed by atoms with Crippen LogP contribution < -0.4 is 4.74 Å². The molecule has 2 rings (SSSR count). The molecule has 18 heavy (non-hydrogen) atoms. The molecule has 0 aromatic heterocycles. The first-order valence-corrected chi connectivity index (χ1v) is 6.07. The predicted molar refractivity (Wildman–Crippen MR) is 73.2 cm³/mol. The second-order valence-corrected chi connectivity index (χ2v) is 4.61. The minimum absolute atomic E-state index is 0.501. The monoisotopic (exact) mass is 262 g/mol. The zero-order valence-corrected chi connectivity index (χ0v) is 11.1. The summed E-state index contributed by atoms with van der Waals surface area (Å²) in [4.78, 5) is 0. The fourth-order valence-corrected chi connectivity index (χ4v) is 2.06. The van der Waals surface area contributed by atoms with Crippen LogP contribution >= 0.6 is 11.6 Å². The van der Waals surface area contributed by atoms with E-state index >= 15 is 0 Å². The molecule has 2 aromatic rings. The van der Waals surface area contributed by atoms with Crippen molar-refractivity contribution < 1.29 is 9.84 Å². The van der Waals surface area contributed by atoms with Crippen LogP contribution in [0.1, 0.15) is 22.8 Å². The summed E-state index contributed by atoms with van der Waals surface area (Å²) in [5.74, 6) is 0.608. The summed E-state index contributed by atoms with van der Waals surface area (Å²) in [6.45, 7) is 2.01. The third-order valence-corrected chi connectivity index (χ3v) is 3.18. The number of aliphatic hydroxyl groups is 1. The Hall–Kier alpha value is -1.51. The average molecular weight is 263 g/mol. The van der Waals surface area contributed by atoms with E-state index in [0.717, 1.165) is 11.1 Å². The molecule has 0 saturated heterocycles. The van der Waals surface area contributed by atoms with Crippen LogP contribution in [0.2, 0.25) is 5.02 Å². The van der Waals surface area contributed by atoms with Gasteiger partial charge in [-0.05, 0) is 30.2 Å². The van der Waals surface area contributed by atoms with Crippen LogP contribution in [0.25, 0.3) is 0 Å².